The number of sulfonamides is 1. The van der Waals surface area contributed by atoms with Gasteiger partial charge >= 0.3 is 0 Å². The van der Waals surface area contributed by atoms with E-state index < -0.39 is 25.1 Å². The molecule has 2 aromatic rings. The molecule has 1 aliphatic rings. The molecule has 0 bridgehead atoms. The van der Waals surface area contributed by atoms with Crippen LogP contribution in [0.2, 0.25) is 5.02 Å². The second kappa shape index (κ2) is 7.83. The number of nitrogens with zero attached hydrogens (tertiary/aromatic N) is 1. The first-order valence-electron chi connectivity index (χ1n) is 8.31. The molecule has 10 heteroatoms. The predicted molar refractivity (Wildman–Crippen MR) is 101 cm³/mol. The Kier molecular flexibility index (Phi) is 5.85. The van der Waals surface area contributed by atoms with Crippen molar-refractivity contribution < 1.29 is 26.0 Å². The van der Waals surface area contributed by atoms with Crippen LogP contribution in [0.3, 0.4) is 0 Å². The number of hydrogen-bond acceptors (Lipinski definition) is 6. The lowest BCUT2D eigenvalue weighted by atomic mass is 10.2. The highest BCUT2D eigenvalue weighted by Gasteiger charge is 2.36. The normalized spacial score (nSPS) is 17.1. The van der Waals surface area contributed by atoms with Crippen molar-refractivity contribution in [2.75, 3.05) is 20.2 Å². The Hall–Kier alpha value is -1.55. The maximum absolute atomic E-state index is 13.0. The van der Waals surface area contributed by atoms with Gasteiger partial charge in [-0.15, -0.1) is 0 Å². The number of furan rings is 1. The Morgan fingerprint density at radius 3 is 2.48 bits per heavy atom. The highest BCUT2D eigenvalue weighted by Crippen LogP contribution is 2.32. The highest BCUT2D eigenvalue weighted by atomic mass is 35.5. The zero-order chi connectivity index (χ0) is 19.7. The molecule has 0 aliphatic carbocycles. The number of piperidine rings is 1. The molecular weight excluding hydrogens is 414 g/mol. The summed E-state index contributed by atoms with van der Waals surface area (Å²) >= 11 is 5.94. The second-order valence-corrected chi connectivity index (χ2v) is 10.9. The van der Waals surface area contributed by atoms with Gasteiger partial charge in [0.2, 0.25) is 10.0 Å². The number of methoxy groups -OCH3 is 1. The predicted octanol–water partition coefficient (Wildman–Crippen LogP) is 2.71. The molecule has 0 radical (unpaired) electrons. The molecular formula is C17H20ClNO6S2. The molecule has 0 atom stereocenters. The number of hydrogen-bond donors (Lipinski definition) is 0. The van der Waals surface area contributed by atoms with E-state index in [1.807, 2.05) is 0 Å². The first-order chi connectivity index (χ1) is 12.7. The fourth-order valence-corrected chi connectivity index (χ4v) is 6.75. The number of halogens is 1. The van der Waals surface area contributed by atoms with E-state index in [9.17, 15) is 16.8 Å². The van der Waals surface area contributed by atoms with E-state index in [-0.39, 0.29) is 47.4 Å². The Balaban J connectivity index is 1.74. The van der Waals surface area contributed by atoms with E-state index in [2.05, 4.69) is 0 Å². The molecule has 0 spiro atoms. The van der Waals surface area contributed by atoms with E-state index in [1.54, 1.807) is 18.2 Å². The minimum atomic E-state index is -3.84. The maximum Gasteiger partial charge on any atom is 0.246 e. The van der Waals surface area contributed by atoms with Gasteiger partial charge in [-0.25, -0.2) is 16.8 Å². The Labute approximate surface area is 163 Å². The van der Waals surface area contributed by atoms with Crippen LogP contribution < -0.4 is 4.74 Å². The number of sulfone groups is 1. The van der Waals surface area contributed by atoms with Crippen LogP contribution in [-0.2, 0) is 25.6 Å². The minimum Gasteiger partial charge on any atom is -0.495 e. The van der Waals surface area contributed by atoms with Crippen LogP contribution in [0.5, 0.6) is 5.75 Å². The molecule has 0 N–H and O–H groups in total. The van der Waals surface area contributed by atoms with E-state index >= 15 is 0 Å². The first-order valence-corrected chi connectivity index (χ1v) is 11.8. The molecule has 7 nitrogen and oxygen atoms in total. The molecule has 27 heavy (non-hydrogen) atoms. The van der Waals surface area contributed by atoms with Gasteiger partial charge in [0.25, 0.3) is 0 Å². The summed E-state index contributed by atoms with van der Waals surface area (Å²) in [5.74, 6) is 0.403. The van der Waals surface area contributed by atoms with Crippen LogP contribution in [0, 0.1) is 0 Å². The van der Waals surface area contributed by atoms with Crippen LogP contribution in [0.1, 0.15) is 18.6 Å². The lowest BCUT2D eigenvalue weighted by Gasteiger charge is -2.31. The fourth-order valence-electron chi connectivity index (χ4n) is 3.13. The third-order valence-electron chi connectivity index (χ3n) is 4.58. The van der Waals surface area contributed by atoms with Crippen molar-refractivity contribution in [3.8, 4) is 5.75 Å². The van der Waals surface area contributed by atoms with Gasteiger partial charge < -0.3 is 9.15 Å². The summed E-state index contributed by atoms with van der Waals surface area (Å²) in [5.41, 5.74) is 0. The fraction of sp³-hybridized carbons (Fsp3) is 0.412. The molecule has 0 saturated carbocycles. The molecule has 1 aromatic heterocycles. The second-order valence-electron chi connectivity index (χ2n) is 6.29. The van der Waals surface area contributed by atoms with Gasteiger partial charge in [0, 0.05) is 18.1 Å². The molecule has 0 unspecified atom stereocenters. The molecule has 0 amide bonds. The topological polar surface area (TPSA) is 93.9 Å². The summed E-state index contributed by atoms with van der Waals surface area (Å²) in [7, 11) is -5.87. The molecule has 148 valence electrons. The first kappa shape index (κ1) is 20.2. The Bertz CT molecular complexity index is 994. The largest absolute Gasteiger partial charge is 0.495 e. The highest BCUT2D eigenvalue weighted by molar-refractivity contribution is 7.91. The van der Waals surface area contributed by atoms with Gasteiger partial charge in [-0.1, -0.05) is 11.6 Å². The number of rotatable bonds is 6. The average Bonchev–Trinajstić information content (AvgIpc) is 3.14. The van der Waals surface area contributed by atoms with Crippen LogP contribution in [0.25, 0.3) is 0 Å². The number of benzene rings is 1. The summed E-state index contributed by atoms with van der Waals surface area (Å²) in [4.78, 5) is -0.0191. The molecule has 1 aromatic carbocycles. The molecule has 2 heterocycles. The zero-order valence-corrected chi connectivity index (χ0v) is 17.1. The summed E-state index contributed by atoms with van der Waals surface area (Å²) in [6, 6.07) is 7.64. The van der Waals surface area contributed by atoms with Crippen LogP contribution in [0.4, 0.5) is 0 Å². The third-order valence-corrected chi connectivity index (χ3v) is 8.90. The van der Waals surface area contributed by atoms with Gasteiger partial charge in [-0.3, -0.25) is 0 Å². The van der Waals surface area contributed by atoms with E-state index in [0.717, 1.165) is 0 Å². The van der Waals surface area contributed by atoms with Crippen LogP contribution >= 0.6 is 11.6 Å². The number of ether oxygens (including phenoxy) is 1. The van der Waals surface area contributed by atoms with E-state index in [4.69, 9.17) is 20.8 Å². The van der Waals surface area contributed by atoms with Crippen molar-refractivity contribution >= 4 is 31.5 Å². The molecule has 1 fully saturated rings. The van der Waals surface area contributed by atoms with Crippen LogP contribution in [0.15, 0.2) is 45.9 Å². The third kappa shape index (κ3) is 4.31. The lowest BCUT2D eigenvalue weighted by Crippen LogP contribution is -2.42. The molecule has 1 aliphatic heterocycles. The lowest BCUT2D eigenvalue weighted by molar-refractivity contribution is 0.341. The van der Waals surface area contributed by atoms with Crippen molar-refractivity contribution in [2.45, 2.75) is 28.7 Å². The molecule has 3 rings (SSSR count). The van der Waals surface area contributed by atoms with Crippen molar-refractivity contribution in [3.63, 3.8) is 0 Å². The monoisotopic (exact) mass is 433 g/mol. The zero-order valence-electron chi connectivity index (χ0n) is 14.7. The Morgan fingerprint density at radius 1 is 1.19 bits per heavy atom. The smallest absolute Gasteiger partial charge is 0.246 e. The van der Waals surface area contributed by atoms with Crippen molar-refractivity contribution in [2.24, 2.45) is 0 Å². The van der Waals surface area contributed by atoms with E-state index in [0.29, 0.717) is 5.76 Å². The summed E-state index contributed by atoms with van der Waals surface area (Å²) in [6.45, 7) is 0.222. The maximum atomic E-state index is 13.0. The van der Waals surface area contributed by atoms with Gasteiger partial charge in [0.1, 0.15) is 22.2 Å². The minimum absolute atomic E-state index is 0.0191. The summed E-state index contributed by atoms with van der Waals surface area (Å²) < 4.78 is 62.6. The van der Waals surface area contributed by atoms with Crippen molar-refractivity contribution in [1.82, 2.24) is 4.31 Å². The van der Waals surface area contributed by atoms with Gasteiger partial charge in [-0.2, -0.15) is 4.31 Å². The van der Waals surface area contributed by atoms with Gasteiger partial charge in [0.05, 0.1) is 18.6 Å². The standard InChI is InChI=1S/C17H20ClNO6S2/c1-24-16-5-4-13(18)11-17(16)27(22,23)19-8-6-15(7-9-19)26(20,21)12-14-3-2-10-25-14/h2-5,10-11,15H,6-9,12H2,1H3. The van der Waals surface area contributed by atoms with Crippen LogP contribution in [-0.4, -0.2) is 46.6 Å². The summed E-state index contributed by atoms with van der Waals surface area (Å²) in [5, 5.41) is -0.319. The SMILES string of the molecule is COc1ccc(Cl)cc1S(=O)(=O)N1CCC(S(=O)(=O)Cc2ccco2)CC1. The van der Waals surface area contributed by atoms with Gasteiger partial charge in [0.15, 0.2) is 9.84 Å². The van der Waals surface area contributed by atoms with Gasteiger partial charge in [-0.05, 0) is 43.2 Å². The average molecular weight is 434 g/mol. The quantitative estimate of drug-likeness (QED) is 0.695. The van der Waals surface area contributed by atoms with Crippen molar-refractivity contribution in [3.05, 3.63) is 47.4 Å². The molecule has 1 saturated heterocycles. The van der Waals surface area contributed by atoms with E-state index in [1.165, 1.54) is 29.8 Å². The Morgan fingerprint density at radius 2 is 1.89 bits per heavy atom. The summed E-state index contributed by atoms with van der Waals surface area (Å²) in [6.07, 6.45) is 1.88. The van der Waals surface area contributed by atoms with Crippen molar-refractivity contribution in [1.29, 1.82) is 0 Å².